The number of carboxylic acids is 1. The fourth-order valence-electron chi connectivity index (χ4n) is 7.84. The maximum absolute atomic E-state index is 13.9. The van der Waals surface area contributed by atoms with E-state index in [0.29, 0.717) is 29.9 Å². The number of amides is 1. The number of aromatic nitrogens is 1. The highest BCUT2D eigenvalue weighted by Crippen LogP contribution is 2.57. The lowest BCUT2D eigenvalue weighted by Crippen LogP contribution is -2.61. The van der Waals surface area contributed by atoms with Crippen molar-refractivity contribution in [3.8, 4) is 0 Å². The molecular formula is C27H39N3O4S. The molecule has 5 fully saturated rings. The van der Waals surface area contributed by atoms with Crippen molar-refractivity contribution in [2.45, 2.75) is 86.8 Å². The summed E-state index contributed by atoms with van der Waals surface area (Å²) >= 11 is 1.60. The first-order valence-electron chi connectivity index (χ1n) is 13.3. The first-order valence-corrected chi connectivity index (χ1v) is 14.3. The van der Waals surface area contributed by atoms with Gasteiger partial charge in [-0.2, -0.15) is 0 Å². The number of piperidine rings is 1. The predicted octanol–water partition coefficient (Wildman–Crippen LogP) is 3.69. The zero-order chi connectivity index (χ0) is 24.8. The van der Waals surface area contributed by atoms with Crippen LogP contribution < -0.4 is 5.32 Å². The van der Waals surface area contributed by atoms with Gasteiger partial charge >= 0.3 is 5.97 Å². The largest absolute Gasteiger partial charge is 0.481 e. The third kappa shape index (κ3) is 4.74. The average Bonchev–Trinajstić information content (AvgIpc) is 2.80. The summed E-state index contributed by atoms with van der Waals surface area (Å²) < 4.78 is 0. The van der Waals surface area contributed by atoms with Gasteiger partial charge in [-0.05, 0) is 93.6 Å². The van der Waals surface area contributed by atoms with Crippen molar-refractivity contribution in [3.05, 3.63) is 23.4 Å². The van der Waals surface area contributed by atoms with Crippen LogP contribution in [0.2, 0.25) is 0 Å². The lowest BCUT2D eigenvalue weighted by Gasteiger charge is -2.59. The van der Waals surface area contributed by atoms with Crippen molar-refractivity contribution in [2.24, 2.45) is 17.8 Å². The van der Waals surface area contributed by atoms with Crippen molar-refractivity contribution >= 4 is 23.6 Å². The van der Waals surface area contributed by atoms with Crippen LogP contribution in [0.4, 0.5) is 0 Å². The van der Waals surface area contributed by atoms with Gasteiger partial charge < -0.3 is 20.4 Å². The van der Waals surface area contributed by atoms with Crippen molar-refractivity contribution < 1.29 is 19.8 Å². The number of carbonyl (C=O) groups excluding carboxylic acids is 1. The monoisotopic (exact) mass is 501 g/mol. The van der Waals surface area contributed by atoms with Gasteiger partial charge in [0.05, 0.1) is 17.6 Å². The van der Waals surface area contributed by atoms with Crippen molar-refractivity contribution in [1.29, 1.82) is 0 Å². The first kappa shape index (κ1) is 25.0. The Labute approximate surface area is 212 Å². The molecule has 4 saturated carbocycles. The third-order valence-corrected chi connectivity index (χ3v) is 10.2. The number of carbonyl (C=O) groups is 2. The van der Waals surface area contributed by atoms with Gasteiger partial charge in [0.25, 0.3) is 5.91 Å². The van der Waals surface area contributed by atoms with E-state index < -0.39 is 17.0 Å². The van der Waals surface area contributed by atoms with Crippen LogP contribution in [0, 0.1) is 17.8 Å². The molecule has 4 aliphatic carbocycles. The Morgan fingerprint density at radius 1 is 1.23 bits per heavy atom. The second-order valence-electron chi connectivity index (χ2n) is 11.6. The van der Waals surface area contributed by atoms with Gasteiger partial charge in [0.15, 0.2) is 0 Å². The number of rotatable bonds is 8. The number of nitrogens with one attached hydrogen (secondary N) is 1. The Bertz CT molecular complexity index is 963. The molecule has 6 rings (SSSR count). The number of carboxylic acid groups (broad SMARTS) is 1. The highest BCUT2D eigenvalue weighted by Gasteiger charge is 2.56. The molecule has 0 radical (unpaired) electrons. The van der Waals surface area contributed by atoms with Crippen LogP contribution in [0.1, 0.15) is 80.8 Å². The molecule has 0 spiro atoms. The topological polar surface area (TPSA) is 103 Å². The molecule has 8 heteroatoms. The van der Waals surface area contributed by atoms with Gasteiger partial charge in [-0.25, -0.2) is 4.98 Å². The van der Waals surface area contributed by atoms with Gasteiger partial charge in [-0.15, -0.1) is 11.8 Å². The molecule has 1 aromatic rings. The minimum atomic E-state index is -0.818. The molecule has 35 heavy (non-hydrogen) atoms. The minimum Gasteiger partial charge on any atom is -0.481 e. The van der Waals surface area contributed by atoms with Crippen LogP contribution in [0.25, 0.3) is 0 Å². The van der Waals surface area contributed by atoms with Gasteiger partial charge in [0.1, 0.15) is 5.03 Å². The molecule has 5 aliphatic rings. The molecule has 2 heterocycles. The van der Waals surface area contributed by atoms with Crippen molar-refractivity contribution in [1.82, 2.24) is 15.2 Å². The summed E-state index contributed by atoms with van der Waals surface area (Å²) in [6.07, 6.45) is 7.46. The zero-order valence-corrected chi connectivity index (χ0v) is 21.8. The van der Waals surface area contributed by atoms with E-state index in [0.717, 1.165) is 74.4 Å². The highest BCUT2D eigenvalue weighted by atomic mass is 32.2. The fourth-order valence-corrected chi connectivity index (χ4v) is 8.71. The third-order valence-electron chi connectivity index (χ3n) is 9.00. The molecule has 1 amide bonds. The molecule has 192 valence electrons. The van der Waals surface area contributed by atoms with E-state index in [1.54, 1.807) is 11.8 Å². The summed E-state index contributed by atoms with van der Waals surface area (Å²) in [6.45, 7) is 3.59. The lowest BCUT2D eigenvalue weighted by molar-refractivity contribution is -0.152. The van der Waals surface area contributed by atoms with Crippen LogP contribution in [0.5, 0.6) is 0 Å². The van der Waals surface area contributed by atoms with Crippen LogP contribution in [0.3, 0.4) is 0 Å². The van der Waals surface area contributed by atoms with E-state index in [1.165, 1.54) is 0 Å². The Balaban J connectivity index is 1.44. The quantitative estimate of drug-likeness (QED) is 0.467. The molecule has 1 aliphatic heterocycles. The number of hydrogen-bond donors (Lipinski definition) is 3. The molecule has 2 unspecified atom stereocenters. The molecular weight excluding hydrogens is 462 g/mol. The van der Waals surface area contributed by atoms with E-state index >= 15 is 0 Å². The number of thioether (sulfide) groups is 1. The van der Waals surface area contributed by atoms with Gasteiger partial charge in [-0.1, -0.05) is 6.92 Å². The summed E-state index contributed by atoms with van der Waals surface area (Å²) in [4.78, 5) is 32.6. The Hall–Kier alpha value is -1.64. The number of aliphatic carboxylic acids is 1. The molecule has 3 atom stereocenters. The lowest BCUT2D eigenvalue weighted by atomic mass is 9.52. The Kier molecular flexibility index (Phi) is 6.92. The van der Waals surface area contributed by atoms with Gasteiger partial charge in [0, 0.05) is 30.7 Å². The average molecular weight is 502 g/mol. The van der Waals surface area contributed by atoms with Crippen molar-refractivity contribution in [2.75, 3.05) is 25.9 Å². The number of aliphatic hydroxyl groups is 1. The van der Waals surface area contributed by atoms with Crippen molar-refractivity contribution in [3.63, 3.8) is 0 Å². The molecule has 3 N–H and O–H groups in total. The van der Waals surface area contributed by atoms with E-state index in [-0.39, 0.29) is 18.4 Å². The highest BCUT2D eigenvalue weighted by molar-refractivity contribution is 7.99. The first-order chi connectivity index (χ1) is 16.7. The summed E-state index contributed by atoms with van der Waals surface area (Å²) in [5.74, 6) is 1.37. The zero-order valence-electron chi connectivity index (χ0n) is 21.0. The molecule has 4 bridgehead atoms. The van der Waals surface area contributed by atoms with Gasteiger partial charge in [-0.3, -0.25) is 9.59 Å². The SMILES string of the molecule is CCCSc1nc([C@]2(CC(=O)O)CCCNC2)ccc1C(=O)N(C)C1C2CC3CC1CC(O)(C3)C2. The fraction of sp³-hybridized carbons (Fsp3) is 0.741. The minimum absolute atomic E-state index is 0.00108. The molecule has 0 aromatic carbocycles. The summed E-state index contributed by atoms with van der Waals surface area (Å²) in [5, 5.41) is 24.7. The van der Waals surface area contributed by atoms with E-state index in [4.69, 9.17) is 4.98 Å². The van der Waals surface area contributed by atoms with Crippen LogP contribution >= 0.6 is 11.8 Å². The second kappa shape index (κ2) is 9.67. The van der Waals surface area contributed by atoms with Crippen LogP contribution in [-0.4, -0.2) is 69.5 Å². The van der Waals surface area contributed by atoms with E-state index in [2.05, 4.69) is 12.2 Å². The number of nitrogens with zero attached hydrogens (tertiary/aromatic N) is 2. The standard InChI is InChI=1S/C27H39N3O4S/c1-3-9-35-24-20(5-6-21(29-24)26(15-22(31)32)7-4-8-28-16-26)25(33)30(2)23-18-10-17-11-19(23)14-27(34,12-17)13-18/h5-6,17-19,23,28,34H,3-4,7-16H2,1-2H3,(H,31,32)/t17?,18?,19?,23?,26-,27?/m0/s1. The Morgan fingerprint density at radius 2 is 1.97 bits per heavy atom. The number of pyridine rings is 1. The van der Waals surface area contributed by atoms with E-state index in [1.807, 2.05) is 24.1 Å². The predicted molar refractivity (Wildman–Crippen MR) is 136 cm³/mol. The van der Waals surface area contributed by atoms with Crippen LogP contribution in [0.15, 0.2) is 17.2 Å². The Morgan fingerprint density at radius 3 is 2.57 bits per heavy atom. The summed E-state index contributed by atoms with van der Waals surface area (Å²) in [5.41, 5.74) is 0.336. The normalized spacial score (nSPS) is 35.7. The molecule has 1 aromatic heterocycles. The maximum Gasteiger partial charge on any atom is 0.304 e. The smallest absolute Gasteiger partial charge is 0.304 e. The van der Waals surface area contributed by atoms with E-state index in [9.17, 15) is 19.8 Å². The van der Waals surface area contributed by atoms with Crippen LogP contribution in [-0.2, 0) is 10.2 Å². The second-order valence-corrected chi connectivity index (χ2v) is 12.7. The summed E-state index contributed by atoms with van der Waals surface area (Å²) in [6, 6.07) is 3.96. The maximum atomic E-state index is 13.9. The molecule has 7 nitrogen and oxygen atoms in total. The van der Waals surface area contributed by atoms with Gasteiger partial charge in [0.2, 0.25) is 0 Å². The number of hydrogen-bond acceptors (Lipinski definition) is 6. The molecule has 1 saturated heterocycles. The summed E-state index contributed by atoms with van der Waals surface area (Å²) in [7, 11) is 1.93.